The second-order valence-corrected chi connectivity index (χ2v) is 7.56. The van der Waals surface area contributed by atoms with E-state index in [1.165, 1.54) is 24.2 Å². The lowest BCUT2D eigenvalue weighted by molar-refractivity contribution is 0.102. The maximum atomic E-state index is 12.5. The molecule has 0 spiro atoms. The largest absolute Gasteiger partial charge is 0.297 e. The molecule has 2 aromatic heterocycles. The number of H-pyrrole nitrogens is 1. The zero-order valence-electron chi connectivity index (χ0n) is 14.2. The smallest absolute Gasteiger partial charge is 0.278 e. The van der Waals surface area contributed by atoms with Crippen LogP contribution in [0, 0.1) is 5.92 Å². The summed E-state index contributed by atoms with van der Waals surface area (Å²) in [6, 6.07) is 7.60. The Bertz CT molecular complexity index is 886. The summed E-state index contributed by atoms with van der Waals surface area (Å²) in [5.74, 6) is 0.518. The van der Waals surface area contributed by atoms with Crippen LogP contribution in [0.15, 0.2) is 29.6 Å². The lowest BCUT2D eigenvalue weighted by atomic mass is 10.0. The number of nitrogens with zero attached hydrogens (tertiary/aromatic N) is 3. The van der Waals surface area contributed by atoms with Gasteiger partial charge in [0.2, 0.25) is 0 Å². The molecule has 7 heteroatoms. The van der Waals surface area contributed by atoms with E-state index in [0.29, 0.717) is 10.8 Å². The molecule has 1 saturated heterocycles. The van der Waals surface area contributed by atoms with Crippen molar-refractivity contribution in [3.63, 3.8) is 0 Å². The van der Waals surface area contributed by atoms with Gasteiger partial charge in [0.05, 0.1) is 11.2 Å². The number of thiazole rings is 1. The second kappa shape index (κ2) is 6.93. The first-order chi connectivity index (χ1) is 12.2. The summed E-state index contributed by atoms with van der Waals surface area (Å²) < 4.78 is 0. The van der Waals surface area contributed by atoms with Crippen molar-refractivity contribution in [2.75, 3.05) is 18.4 Å². The van der Waals surface area contributed by atoms with Crippen LogP contribution in [0.1, 0.15) is 35.9 Å². The van der Waals surface area contributed by atoms with Gasteiger partial charge in [-0.3, -0.25) is 20.1 Å². The fourth-order valence-corrected chi connectivity index (χ4v) is 4.09. The van der Waals surface area contributed by atoms with Gasteiger partial charge in [-0.15, -0.1) is 11.3 Å². The van der Waals surface area contributed by atoms with Gasteiger partial charge in [-0.2, -0.15) is 5.10 Å². The van der Waals surface area contributed by atoms with Crippen LogP contribution >= 0.6 is 11.3 Å². The maximum Gasteiger partial charge on any atom is 0.278 e. The first-order valence-corrected chi connectivity index (χ1v) is 9.48. The molecule has 25 heavy (non-hydrogen) atoms. The molecule has 6 nitrogen and oxygen atoms in total. The summed E-state index contributed by atoms with van der Waals surface area (Å²) in [4.78, 5) is 19.5. The number of amides is 1. The van der Waals surface area contributed by atoms with Crippen molar-refractivity contribution in [1.29, 1.82) is 0 Å². The van der Waals surface area contributed by atoms with Crippen molar-refractivity contribution in [2.24, 2.45) is 5.92 Å². The van der Waals surface area contributed by atoms with E-state index in [1.54, 1.807) is 0 Å². The Kier molecular flexibility index (Phi) is 4.50. The van der Waals surface area contributed by atoms with E-state index in [4.69, 9.17) is 0 Å². The van der Waals surface area contributed by atoms with Crippen molar-refractivity contribution in [3.05, 3.63) is 41.0 Å². The SMILES string of the molecule is CC1CCCN(Cc2csc(NC(=O)c3n[nH]c4ccccc34)n2)C1. The number of rotatable bonds is 4. The van der Waals surface area contributed by atoms with Gasteiger partial charge in [0.25, 0.3) is 5.91 Å². The average molecular weight is 355 g/mol. The number of hydrogen-bond acceptors (Lipinski definition) is 5. The highest BCUT2D eigenvalue weighted by molar-refractivity contribution is 7.14. The third-order valence-corrected chi connectivity index (χ3v) is 5.39. The summed E-state index contributed by atoms with van der Waals surface area (Å²) in [5, 5.41) is 13.4. The van der Waals surface area contributed by atoms with Gasteiger partial charge in [-0.25, -0.2) is 4.98 Å². The zero-order chi connectivity index (χ0) is 17.2. The standard InChI is InChI=1S/C18H21N5OS/c1-12-5-4-8-23(9-12)10-13-11-25-18(19-13)20-17(24)16-14-6-2-3-7-15(14)21-22-16/h2-3,6-7,11-12H,4-5,8-10H2,1H3,(H,21,22)(H,19,20,24). The second-order valence-electron chi connectivity index (χ2n) is 6.70. The van der Waals surface area contributed by atoms with E-state index < -0.39 is 0 Å². The number of nitrogens with one attached hydrogen (secondary N) is 2. The van der Waals surface area contributed by atoms with Gasteiger partial charge >= 0.3 is 0 Å². The molecular weight excluding hydrogens is 334 g/mol. The van der Waals surface area contributed by atoms with Crippen LogP contribution in [0.2, 0.25) is 0 Å². The number of likely N-dealkylation sites (tertiary alicyclic amines) is 1. The van der Waals surface area contributed by atoms with Gasteiger partial charge in [-0.05, 0) is 31.4 Å². The minimum atomic E-state index is -0.232. The number of carbonyl (C=O) groups is 1. The first kappa shape index (κ1) is 16.2. The number of para-hydroxylation sites is 1. The third kappa shape index (κ3) is 3.57. The Labute approximate surface area is 150 Å². The van der Waals surface area contributed by atoms with E-state index in [0.717, 1.165) is 42.1 Å². The van der Waals surface area contributed by atoms with Gasteiger partial charge in [0, 0.05) is 23.9 Å². The molecule has 0 radical (unpaired) electrons. The molecule has 1 fully saturated rings. The highest BCUT2D eigenvalue weighted by atomic mass is 32.1. The predicted octanol–water partition coefficient (Wildman–Crippen LogP) is 3.50. The van der Waals surface area contributed by atoms with E-state index in [2.05, 4.69) is 32.3 Å². The Morgan fingerprint density at radius 2 is 2.32 bits per heavy atom. The highest BCUT2D eigenvalue weighted by Gasteiger charge is 2.18. The number of aromatic nitrogens is 3. The van der Waals surface area contributed by atoms with Crippen LogP contribution in [0.3, 0.4) is 0 Å². The Balaban J connectivity index is 1.43. The van der Waals surface area contributed by atoms with Crippen molar-refractivity contribution >= 4 is 33.3 Å². The number of carbonyl (C=O) groups excluding carboxylic acids is 1. The lowest BCUT2D eigenvalue weighted by Gasteiger charge is -2.30. The van der Waals surface area contributed by atoms with Crippen LogP contribution in [0.5, 0.6) is 0 Å². The lowest BCUT2D eigenvalue weighted by Crippen LogP contribution is -2.33. The molecule has 1 unspecified atom stereocenters. The number of fused-ring (bicyclic) bond motifs is 1. The van der Waals surface area contributed by atoms with Crippen molar-refractivity contribution in [3.8, 4) is 0 Å². The van der Waals surface area contributed by atoms with E-state index >= 15 is 0 Å². The van der Waals surface area contributed by atoms with E-state index in [-0.39, 0.29) is 5.91 Å². The Hall–Kier alpha value is -2.25. The third-order valence-electron chi connectivity index (χ3n) is 4.58. The molecule has 0 saturated carbocycles. The Morgan fingerprint density at radius 3 is 3.20 bits per heavy atom. The maximum absolute atomic E-state index is 12.5. The van der Waals surface area contributed by atoms with Crippen molar-refractivity contribution in [1.82, 2.24) is 20.1 Å². The van der Waals surface area contributed by atoms with Crippen LogP contribution in [-0.2, 0) is 6.54 Å². The number of benzene rings is 1. The molecule has 1 aromatic carbocycles. The van der Waals surface area contributed by atoms with Gasteiger partial charge in [-0.1, -0.05) is 25.1 Å². The Morgan fingerprint density at radius 1 is 1.44 bits per heavy atom. The monoisotopic (exact) mass is 355 g/mol. The molecular formula is C18H21N5OS. The molecule has 2 N–H and O–H groups in total. The average Bonchev–Trinajstić information content (AvgIpc) is 3.21. The van der Waals surface area contributed by atoms with Crippen LogP contribution < -0.4 is 5.32 Å². The van der Waals surface area contributed by atoms with Gasteiger partial charge in [0.1, 0.15) is 0 Å². The van der Waals surface area contributed by atoms with Gasteiger partial charge < -0.3 is 0 Å². The topological polar surface area (TPSA) is 73.9 Å². The molecule has 1 atom stereocenters. The quantitative estimate of drug-likeness (QED) is 0.751. The molecule has 4 rings (SSSR count). The summed E-state index contributed by atoms with van der Waals surface area (Å²) in [7, 11) is 0. The molecule has 3 aromatic rings. The van der Waals surface area contributed by atoms with Crippen LogP contribution in [0.25, 0.3) is 10.9 Å². The number of hydrogen-bond donors (Lipinski definition) is 2. The molecule has 0 aliphatic carbocycles. The number of anilines is 1. The molecule has 130 valence electrons. The zero-order valence-corrected chi connectivity index (χ0v) is 15.0. The normalized spacial score (nSPS) is 18.5. The van der Waals surface area contributed by atoms with Crippen LogP contribution in [0.4, 0.5) is 5.13 Å². The summed E-state index contributed by atoms with van der Waals surface area (Å²) in [6.07, 6.45) is 2.56. The summed E-state index contributed by atoms with van der Waals surface area (Å²) >= 11 is 1.46. The fraction of sp³-hybridized carbons (Fsp3) is 0.389. The van der Waals surface area contributed by atoms with E-state index in [1.807, 2.05) is 29.6 Å². The van der Waals surface area contributed by atoms with Crippen LogP contribution in [-0.4, -0.2) is 39.1 Å². The highest BCUT2D eigenvalue weighted by Crippen LogP contribution is 2.22. The predicted molar refractivity (Wildman–Crippen MR) is 99.8 cm³/mol. The first-order valence-electron chi connectivity index (χ1n) is 8.60. The number of piperidine rings is 1. The minimum Gasteiger partial charge on any atom is -0.297 e. The fourth-order valence-electron chi connectivity index (χ4n) is 3.39. The molecule has 1 aliphatic rings. The molecule has 1 aliphatic heterocycles. The molecule has 0 bridgehead atoms. The summed E-state index contributed by atoms with van der Waals surface area (Å²) in [6.45, 7) is 5.40. The molecule has 1 amide bonds. The van der Waals surface area contributed by atoms with Crippen molar-refractivity contribution < 1.29 is 4.79 Å². The van der Waals surface area contributed by atoms with Crippen molar-refractivity contribution in [2.45, 2.75) is 26.3 Å². The van der Waals surface area contributed by atoms with Gasteiger partial charge in [0.15, 0.2) is 10.8 Å². The number of aromatic amines is 1. The molecule has 3 heterocycles. The minimum absolute atomic E-state index is 0.232. The summed E-state index contributed by atoms with van der Waals surface area (Å²) in [5.41, 5.74) is 2.27. The van der Waals surface area contributed by atoms with E-state index in [9.17, 15) is 4.79 Å².